The maximum Gasteiger partial charge on any atom is 0.262 e. The highest BCUT2D eigenvalue weighted by atomic mass is 32.1. The molecule has 0 saturated carbocycles. The monoisotopic (exact) mass is 467 g/mol. The number of carbonyl (C=O) groups excluding carboxylic acids is 2. The molecule has 1 atom stereocenters. The van der Waals surface area contributed by atoms with E-state index in [9.17, 15) is 9.59 Å². The standard InChI is InChI=1S/C25H33N5O2S/c1-29-12-14-30(15-13-29)11-5-4-10-26-24(31)22(28-25(32)23-9-6-16-33-23)17-19-18-27-21-8-3-2-7-20(19)21/h2-3,6-9,16,18,22,27H,4-5,10-15,17H2,1H3,(H,26,31)(H,28,32). The fourth-order valence-corrected chi connectivity index (χ4v) is 4.86. The lowest BCUT2D eigenvalue weighted by Gasteiger charge is -2.32. The summed E-state index contributed by atoms with van der Waals surface area (Å²) in [5.41, 5.74) is 2.05. The van der Waals surface area contributed by atoms with Crippen molar-refractivity contribution in [3.8, 4) is 0 Å². The molecule has 1 saturated heterocycles. The van der Waals surface area contributed by atoms with Gasteiger partial charge in [-0.05, 0) is 49.5 Å². The summed E-state index contributed by atoms with van der Waals surface area (Å²) < 4.78 is 0. The largest absolute Gasteiger partial charge is 0.361 e. The predicted octanol–water partition coefficient (Wildman–Crippen LogP) is 2.71. The normalized spacial score (nSPS) is 16.0. The van der Waals surface area contributed by atoms with Gasteiger partial charge in [0.2, 0.25) is 5.91 Å². The van der Waals surface area contributed by atoms with Gasteiger partial charge in [-0.1, -0.05) is 24.3 Å². The number of unbranched alkanes of at least 4 members (excludes halogenated alkanes) is 1. The number of hydrogen-bond donors (Lipinski definition) is 3. The Kier molecular flexibility index (Phi) is 8.15. The number of rotatable bonds is 10. The fourth-order valence-electron chi connectivity index (χ4n) is 4.23. The maximum absolute atomic E-state index is 13.1. The second-order valence-electron chi connectivity index (χ2n) is 8.71. The van der Waals surface area contributed by atoms with Gasteiger partial charge in [0, 0.05) is 56.2 Å². The Morgan fingerprint density at radius 3 is 2.70 bits per heavy atom. The summed E-state index contributed by atoms with van der Waals surface area (Å²) in [6.45, 7) is 6.16. The smallest absolute Gasteiger partial charge is 0.262 e. The molecular weight excluding hydrogens is 434 g/mol. The summed E-state index contributed by atoms with van der Waals surface area (Å²) in [6.07, 6.45) is 4.35. The van der Waals surface area contributed by atoms with Gasteiger partial charge in [0.05, 0.1) is 4.88 Å². The average Bonchev–Trinajstić information content (AvgIpc) is 3.50. The number of likely N-dealkylation sites (N-methyl/N-ethyl adjacent to an activating group) is 1. The van der Waals surface area contributed by atoms with Crippen LogP contribution in [-0.4, -0.2) is 79.0 Å². The Hall–Kier alpha value is -2.68. The number of benzene rings is 1. The summed E-state index contributed by atoms with van der Waals surface area (Å²) in [6, 6.07) is 11.0. The SMILES string of the molecule is CN1CCN(CCCCNC(=O)C(Cc2c[nH]c3ccccc23)NC(=O)c2cccs2)CC1. The third kappa shape index (κ3) is 6.43. The number of para-hydroxylation sites is 1. The number of carbonyl (C=O) groups is 2. The van der Waals surface area contributed by atoms with Crippen molar-refractivity contribution in [2.24, 2.45) is 0 Å². The van der Waals surface area contributed by atoms with Gasteiger partial charge in [0.25, 0.3) is 5.91 Å². The molecule has 8 heteroatoms. The van der Waals surface area contributed by atoms with Crippen LogP contribution in [0.15, 0.2) is 48.0 Å². The first kappa shape index (κ1) is 23.5. The van der Waals surface area contributed by atoms with Crippen LogP contribution in [0.2, 0.25) is 0 Å². The van der Waals surface area contributed by atoms with Crippen molar-refractivity contribution in [2.75, 3.05) is 46.3 Å². The zero-order valence-corrected chi connectivity index (χ0v) is 20.0. The predicted molar refractivity (Wildman–Crippen MR) is 134 cm³/mol. The van der Waals surface area contributed by atoms with Gasteiger partial charge in [0.1, 0.15) is 6.04 Å². The van der Waals surface area contributed by atoms with E-state index in [0.29, 0.717) is 17.8 Å². The van der Waals surface area contributed by atoms with Crippen LogP contribution in [0.1, 0.15) is 28.1 Å². The number of aromatic nitrogens is 1. The topological polar surface area (TPSA) is 80.5 Å². The van der Waals surface area contributed by atoms with Crippen LogP contribution in [0, 0.1) is 0 Å². The average molecular weight is 468 g/mol. The first-order valence-corrected chi connectivity index (χ1v) is 12.6. The van der Waals surface area contributed by atoms with Crippen LogP contribution < -0.4 is 10.6 Å². The minimum atomic E-state index is -0.628. The molecule has 33 heavy (non-hydrogen) atoms. The summed E-state index contributed by atoms with van der Waals surface area (Å²) in [7, 11) is 2.16. The van der Waals surface area contributed by atoms with Crippen molar-refractivity contribution in [3.05, 3.63) is 58.4 Å². The van der Waals surface area contributed by atoms with Crippen LogP contribution in [0.3, 0.4) is 0 Å². The van der Waals surface area contributed by atoms with Gasteiger partial charge in [-0.15, -0.1) is 11.3 Å². The Labute approximate surface area is 199 Å². The van der Waals surface area contributed by atoms with E-state index in [4.69, 9.17) is 0 Å². The summed E-state index contributed by atoms with van der Waals surface area (Å²) in [5, 5.41) is 8.94. The molecule has 0 spiro atoms. The second-order valence-corrected chi connectivity index (χ2v) is 9.66. The van der Waals surface area contributed by atoms with E-state index in [1.54, 1.807) is 6.07 Å². The molecule has 0 radical (unpaired) electrons. The third-order valence-corrected chi connectivity index (χ3v) is 7.13. The molecule has 3 heterocycles. The number of aromatic amines is 1. The summed E-state index contributed by atoms with van der Waals surface area (Å²) in [5.74, 6) is -0.343. The Balaban J connectivity index is 1.32. The van der Waals surface area contributed by atoms with Crippen molar-refractivity contribution >= 4 is 34.1 Å². The quantitative estimate of drug-likeness (QED) is 0.401. The van der Waals surface area contributed by atoms with Gasteiger partial charge in [-0.25, -0.2) is 0 Å². The van der Waals surface area contributed by atoms with Gasteiger partial charge in [0.15, 0.2) is 0 Å². The molecule has 1 fully saturated rings. The molecular formula is C25H33N5O2S. The first-order valence-electron chi connectivity index (χ1n) is 11.7. The van der Waals surface area contributed by atoms with E-state index in [-0.39, 0.29) is 11.8 Å². The van der Waals surface area contributed by atoms with Crippen molar-refractivity contribution in [2.45, 2.75) is 25.3 Å². The molecule has 7 nitrogen and oxygen atoms in total. The molecule has 4 rings (SSSR count). The number of nitrogens with one attached hydrogen (secondary N) is 3. The number of thiophene rings is 1. The third-order valence-electron chi connectivity index (χ3n) is 6.26. The van der Waals surface area contributed by atoms with Crippen LogP contribution in [0.25, 0.3) is 10.9 Å². The number of nitrogens with zero attached hydrogens (tertiary/aromatic N) is 2. The summed E-state index contributed by atoms with van der Waals surface area (Å²) in [4.78, 5) is 34.5. The van der Waals surface area contributed by atoms with Gasteiger partial charge in [-0.2, -0.15) is 0 Å². The number of fused-ring (bicyclic) bond motifs is 1. The molecule has 3 aromatic rings. The molecule has 1 aliphatic rings. The molecule has 176 valence electrons. The lowest BCUT2D eigenvalue weighted by molar-refractivity contribution is -0.122. The minimum Gasteiger partial charge on any atom is -0.361 e. The molecule has 2 amide bonds. The lowest BCUT2D eigenvalue weighted by Crippen LogP contribution is -2.48. The molecule has 1 unspecified atom stereocenters. The summed E-state index contributed by atoms with van der Waals surface area (Å²) >= 11 is 1.38. The minimum absolute atomic E-state index is 0.134. The molecule has 2 aromatic heterocycles. The van der Waals surface area contributed by atoms with E-state index in [1.165, 1.54) is 11.3 Å². The zero-order valence-electron chi connectivity index (χ0n) is 19.2. The van der Waals surface area contributed by atoms with Crippen LogP contribution in [0.4, 0.5) is 0 Å². The van der Waals surface area contributed by atoms with Gasteiger partial charge >= 0.3 is 0 Å². The number of H-pyrrole nitrogens is 1. The molecule has 0 aliphatic carbocycles. The van der Waals surface area contributed by atoms with Crippen molar-refractivity contribution < 1.29 is 9.59 Å². The van der Waals surface area contributed by atoms with Gasteiger partial charge in [-0.3, -0.25) is 9.59 Å². The molecule has 3 N–H and O–H groups in total. The van der Waals surface area contributed by atoms with Crippen molar-refractivity contribution in [1.29, 1.82) is 0 Å². The number of piperazine rings is 1. The van der Waals surface area contributed by atoms with E-state index >= 15 is 0 Å². The first-order chi connectivity index (χ1) is 16.1. The highest BCUT2D eigenvalue weighted by Gasteiger charge is 2.23. The highest BCUT2D eigenvalue weighted by molar-refractivity contribution is 7.12. The van der Waals surface area contributed by atoms with E-state index in [1.807, 2.05) is 41.9 Å². The molecule has 1 aliphatic heterocycles. The van der Waals surface area contributed by atoms with Gasteiger partial charge < -0.3 is 25.4 Å². The zero-order chi connectivity index (χ0) is 23.0. The molecule has 0 bridgehead atoms. The lowest BCUT2D eigenvalue weighted by atomic mass is 10.0. The molecule has 1 aromatic carbocycles. The fraction of sp³-hybridized carbons (Fsp3) is 0.440. The van der Waals surface area contributed by atoms with Crippen LogP contribution >= 0.6 is 11.3 Å². The Bertz CT molecular complexity index is 1040. The van der Waals surface area contributed by atoms with Crippen LogP contribution in [0.5, 0.6) is 0 Å². The van der Waals surface area contributed by atoms with Crippen molar-refractivity contribution in [1.82, 2.24) is 25.4 Å². The number of hydrogen-bond acceptors (Lipinski definition) is 5. The van der Waals surface area contributed by atoms with Crippen LogP contribution in [-0.2, 0) is 11.2 Å². The number of amides is 2. The maximum atomic E-state index is 13.1. The van der Waals surface area contributed by atoms with E-state index in [2.05, 4.69) is 32.5 Å². The Morgan fingerprint density at radius 1 is 1.09 bits per heavy atom. The van der Waals surface area contributed by atoms with E-state index < -0.39 is 6.04 Å². The van der Waals surface area contributed by atoms with E-state index in [0.717, 1.165) is 62.0 Å². The van der Waals surface area contributed by atoms with Crippen molar-refractivity contribution in [3.63, 3.8) is 0 Å². The second kappa shape index (κ2) is 11.4. The highest BCUT2D eigenvalue weighted by Crippen LogP contribution is 2.19. The Morgan fingerprint density at radius 2 is 1.91 bits per heavy atom.